The molecule has 0 aliphatic carbocycles. The Kier molecular flexibility index (Phi) is 5.42. The van der Waals surface area contributed by atoms with E-state index in [9.17, 15) is 0 Å². The van der Waals surface area contributed by atoms with Crippen molar-refractivity contribution in [2.24, 2.45) is 12.8 Å². The Hall–Kier alpha value is -0.940. The standard InChI is InChI=1S/C11H22N4O/c1-4-6-10-13-11(15(2)14-10)9(12)7-5-8-16-3/h9H,4-8,12H2,1-3H3. The molecule has 1 atom stereocenters. The summed E-state index contributed by atoms with van der Waals surface area (Å²) in [7, 11) is 3.60. The Bertz CT molecular complexity index is 311. The zero-order valence-corrected chi connectivity index (χ0v) is 10.4. The van der Waals surface area contributed by atoms with Crippen LogP contribution in [0, 0.1) is 0 Å². The van der Waals surface area contributed by atoms with Gasteiger partial charge in [0.25, 0.3) is 0 Å². The zero-order chi connectivity index (χ0) is 12.0. The van der Waals surface area contributed by atoms with Crippen molar-refractivity contribution in [2.45, 2.75) is 38.6 Å². The molecule has 1 rings (SSSR count). The molecule has 92 valence electrons. The van der Waals surface area contributed by atoms with E-state index in [-0.39, 0.29) is 6.04 Å². The number of rotatable bonds is 7. The second-order valence-electron chi connectivity index (χ2n) is 4.00. The van der Waals surface area contributed by atoms with Crippen LogP contribution in [-0.4, -0.2) is 28.5 Å². The molecule has 16 heavy (non-hydrogen) atoms. The molecule has 0 aliphatic heterocycles. The Morgan fingerprint density at radius 2 is 2.25 bits per heavy atom. The Balaban J connectivity index is 2.56. The van der Waals surface area contributed by atoms with Gasteiger partial charge < -0.3 is 10.5 Å². The number of ether oxygens (including phenoxy) is 1. The number of hydrogen-bond acceptors (Lipinski definition) is 4. The Morgan fingerprint density at radius 3 is 2.88 bits per heavy atom. The molecular formula is C11H22N4O. The average Bonchev–Trinajstić information content (AvgIpc) is 2.60. The number of nitrogens with two attached hydrogens (primary N) is 1. The van der Waals surface area contributed by atoms with Crippen molar-refractivity contribution in [1.29, 1.82) is 0 Å². The minimum atomic E-state index is -0.0433. The predicted molar refractivity (Wildman–Crippen MR) is 63.0 cm³/mol. The van der Waals surface area contributed by atoms with E-state index in [0.717, 1.165) is 43.9 Å². The van der Waals surface area contributed by atoms with Crippen LogP contribution in [0.3, 0.4) is 0 Å². The first-order chi connectivity index (χ1) is 7.69. The molecule has 0 radical (unpaired) electrons. The summed E-state index contributed by atoms with van der Waals surface area (Å²) in [5.41, 5.74) is 6.07. The molecule has 0 spiro atoms. The van der Waals surface area contributed by atoms with Gasteiger partial charge in [-0.05, 0) is 19.3 Å². The monoisotopic (exact) mass is 226 g/mol. The number of nitrogens with zero attached hydrogens (tertiary/aromatic N) is 3. The molecule has 1 heterocycles. The first-order valence-corrected chi connectivity index (χ1v) is 5.83. The van der Waals surface area contributed by atoms with Gasteiger partial charge in [-0.25, -0.2) is 4.98 Å². The van der Waals surface area contributed by atoms with E-state index < -0.39 is 0 Å². The van der Waals surface area contributed by atoms with Crippen LogP contribution in [0.15, 0.2) is 0 Å². The van der Waals surface area contributed by atoms with Gasteiger partial charge in [-0.3, -0.25) is 4.68 Å². The molecule has 2 N–H and O–H groups in total. The molecule has 0 fully saturated rings. The summed E-state index contributed by atoms with van der Waals surface area (Å²) in [5, 5.41) is 4.34. The molecule has 5 nitrogen and oxygen atoms in total. The molecule has 0 saturated heterocycles. The van der Waals surface area contributed by atoms with Crippen molar-refractivity contribution in [1.82, 2.24) is 14.8 Å². The fraction of sp³-hybridized carbons (Fsp3) is 0.818. The van der Waals surface area contributed by atoms with E-state index in [1.165, 1.54) is 0 Å². The number of aromatic nitrogens is 3. The molecule has 1 unspecified atom stereocenters. The van der Waals surface area contributed by atoms with Gasteiger partial charge in [-0.1, -0.05) is 6.92 Å². The van der Waals surface area contributed by atoms with E-state index in [1.54, 1.807) is 11.8 Å². The van der Waals surface area contributed by atoms with E-state index in [1.807, 2.05) is 7.05 Å². The maximum Gasteiger partial charge on any atom is 0.151 e. The zero-order valence-electron chi connectivity index (χ0n) is 10.4. The second kappa shape index (κ2) is 6.60. The van der Waals surface area contributed by atoms with Gasteiger partial charge in [0, 0.05) is 27.2 Å². The third-order valence-corrected chi connectivity index (χ3v) is 2.51. The maximum absolute atomic E-state index is 6.07. The average molecular weight is 226 g/mol. The summed E-state index contributed by atoms with van der Waals surface area (Å²) in [6.45, 7) is 2.86. The maximum atomic E-state index is 6.07. The van der Waals surface area contributed by atoms with Crippen LogP contribution in [-0.2, 0) is 18.2 Å². The topological polar surface area (TPSA) is 66.0 Å². The fourth-order valence-electron chi connectivity index (χ4n) is 1.68. The van der Waals surface area contributed by atoms with Crippen molar-refractivity contribution < 1.29 is 4.74 Å². The summed E-state index contributed by atoms with van der Waals surface area (Å²) < 4.78 is 6.80. The van der Waals surface area contributed by atoms with Gasteiger partial charge in [0.1, 0.15) is 5.82 Å². The molecule has 0 amide bonds. The van der Waals surface area contributed by atoms with Crippen molar-refractivity contribution in [3.63, 3.8) is 0 Å². The summed E-state index contributed by atoms with van der Waals surface area (Å²) in [6.07, 6.45) is 3.81. The smallest absolute Gasteiger partial charge is 0.151 e. The Labute approximate surface area is 97.0 Å². The van der Waals surface area contributed by atoms with E-state index in [2.05, 4.69) is 17.0 Å². The van der Waals surface area contributed by atoms with Gasteiger partial charge in [0.05, 0.1) is 6.04 Å². The quantitative estimate of drug-likeness (QED) is 0.709. The molecule has 0 aliphatic rings. The molecular weight excluding hydrogens is 204 g/mol. The van der Waals surface area contributed by atoms with Gasteiger partial charge in [-0.15, -0.1) is 0 Å². The van der Waals surface area contributed by atoms with E-state index in [4.69, 9.17) is 10.5 Å². The fourth-order valence-corrected chi connectivity index (χ4v) is 1.68. The SMILES string of the molecule is CCCc1nc(C(N)CCCOC)n(C)n1. The third-order valence-electron chi connectivity index (χ3n) is 2.51. The second-order valence-corrected chi connectivity index (χ2v) is 4.00. The molecule has 0 bridgehead atoms. The third kappa shape index (κ3) is 3.57. The minimum absolute atomic E-state index is 0.0433. The lowest BCUT2D eigenvalue weighted by Gasteiger charge is -2.09. The van der Waals surface area contributed by atoms with Crippen LogP contribution in [0.1, 0.15) is 43.9 Å². The highest BCUT2D eigenvalue weighted by molar-refractivity contribution is 4.98. The molecule has 0 aromatic carbocycles. The molecule has 0 saturated carbocycles. The molecule has 5 heteroatoms. The largest absolute Gasteiger partial charge is 0.385 e. The number of hydrogen-bond donors (Lipinski definition) is 1. The highest BCUT2D eigenvalue weighted by atomic mass is 16.5. The normalized spacial score (nSPS) is 13.0. The predicted octanol–water partition coefficient (Wildman–Crippen LogP) is 1.19. The first-order valence-electron chi connectivity index (χ1n) is 5.83. The van der Waals surface area contributed by atoms with Crippen LogP contribution < -0.4 is 5.73 Å². The lowest BCUT2D eigenvalue weighted by molar-refractivity contribution is 0.190. The van der Waals surface area contributed by atoms with E-state index in [0.29, 0.717) is 0 Å². The van der Waals surface area contributed by atoms with Crippen LogP contribution in [0.4, 0.5) is 0 Å². The molecule has 1 aromatic heterocycles. The minimum Gasteiger partial charge on any atom is -0.385 e. The van der Waals surface area contributed by atoms with Gasteiger partial charge in [0.2, 0.25) is 0 Å². The summed E-state index contributed by atoms with van der Waals surface area (Å²) in [6, 6.07) is -0.0433. The summed E-state index contributed by atoms with van der Waals surface area (Å²) >= 11 is 0. The van der Waals surface area contributed by atoms with Crippen molar-refractivity contribution in [2.75, 3.05) is 13.7 Å². The van der Waals surface area contributed by atoms with Crippen LogP contribution in [0.5, 0.6) is 0 Å². The van der Waals surface area contributed by atoms with Gasteiger partial charge in [0.15, 0.2) is 5.82 Å². The van der Waals surface area contributed by atoms with Crippen LogP contribution in [0.2, 0.25) is 0 Å². The lowest BCUT2D eigenvalue weighted by Crippen LogP contribution is -2.16. The van der Waals surface area contributed by atoms with Gasteiger partial charge >= 0.3 is 0 Å². The first kappa shape index (κ1) is 13.1. The van der Waals surface area contributed by atoms with E-state index >= 15 is 0 Å². The summed E-state index contributed by atoms with van der Waals surface area (Å²) in [5.74, 6) is 1.77. The van der Waals surface area contributed by atoms with Crippen molar-refractivity contribution in [3.05, 3.63) is 11.6 Å². The van der Waals surface area contributed by atoms with Gasteiger partial charge in [-0.2, -0.15) is 5.10 Å². The number of methoxy groups -OCH3 is 1. The highest BCUT2D eigenvalue weighted by Crippen LogP contribution is 2.13. The highest BCUT2D eigenvalue weighted by Gasteiger charge is 2.14. The number of aryl methyl sites for hydroxylation is 2. The van der Waals surface area contributed by atoms with Crippen molar-refractivity contribution in [3.8, 4) is 0 Å². The summed E-state index contributed by atoms with van der Waals surface area (Å²) in [4.78, 5) is 4.46. The van der Waals surface area contributed by atoms with Crippen LogP contribution >= 0.6 is 0 Å². The molecule has 1 aromatic rings. The van der Waals surface area contributed by atoms with Crippen LogP contribution in [0.25, 0.3) is 0 Å². The Morgan fingerprint density at radius 1 is 1.50 bits per heavy atom. The van der Waals surface area contributed by atoms with Crippen molar-refractivity contribution >= 4 is 0 Å². The lowest BCUT2D eigenvalue weighted by atomic mass is 10.1.